The molecule has 2 aromatic rings. The predicted octanol–water partition coefficient (Wildman–Crippen LogP) is 7.06. The van der Waals surface area contributed by atoms with Crippen molar-refractivity contribution in [1.82, 2.24) is 0 Å². The molecule has 0 radical (unpaired) electrons. The molecule has 1 nitrogen and oxygen atoms in total. The minimum absolute atomic E-state index is 0.160. The van der Waals surface area contributed by atoms with Crippen molar-refractivity contribution >= 4 is 16.9 Å². The second-order valence-corrected chi connectivity index (χ2v) is 9.56. The summed E-state index contributed by atoms with van der Waals surface area (Å²) in [5, 5.41) is 0. The van der Waals surface area contributed by atoms with Crippen LogP contribution in [0.2, 0.25) is 0 Å². The molecule has 4 aliphatic rings. The Labute approximate surface area is 173 Å². The first-order chi connectivity index (χ1) is 14.1. The fourth-order valence-electron chi connectivity index (χ4n) is 6.01. The lowest BCUT2D eigenvalue weighted by Gasteiger charge is -2.32. The lowest BCUT2D eigenvalue weighted by Crippen LogP contribution is -2.29. The summed E-state index contributed by atoms with van der Waals surface area (Å²) in [5.74, 6) is 1.03. The van der Waals surface area contributed by atoms with Crippen LogP contribution in [0.1, 0.15) is 49.8 Å². The van der Waals surface area contributed by atoms with Gasteiger partial charge in [0.25, 0.3) is 0 Å². The molecular weight excluding hydrogens is 350 g/mol. The van der Waals surface area contributed by atoms with Crippen molar-refractivity contribution in [2.45, 2.75) is 44.6 Å². The van der Waals surface area contributed by atoms with Gasteiger partial charge in [-0.05, 0) is 65.1 Å². The van der Waals surface area contributed by atoms with Crippen LogP contribution in [0.25, 0.3) is 5.57 Å². The molecule has 6 rings (SSSR count). The highest BCUT2D eigenvalue weighted by atomic mass is 15.2. The standard InChI is InChI=1S/C28H27N/c1-18-12-14-20-21-15-13-19(17-25(21)28(2,3)24(20)16-18)29-26-10-6-4-8-22(26)23-9-5-7-11-27(23)29/h4-15,17,22,24,26H,16H2,1-3H3. The molecule has 0 fully saturated rings. The maximum atomic E-state index is 2.55. The number of benzene rings is 2. The highest BCUT2D eigenvalue weighted by Crippen LogP contribution is 2.55. The molecule has 2 aromatic carbocycles. The van der Waals surface area contributed by atoms with E-state index in [0.29, 0.717) is 17.9 Å². The zero-order chi connectivity index (χ0) is 19.8. The smallest absolute Gasteiger partial charge is 0.0629 e. The third-order valence-corrected chi connectivity index (χ3v) is 7.57. The Morgan fingerprint density at radius 3 is 2.69 bits per heavy atom. The average Bonchev–Trinajstić information content (AvgIpc) is 3.18. The lowest BCUT2D eigenvalue weighted by molar-refractivity contribution is 0.408. The summed E-state index contributed by atoms with van der Waals surface area (Å²) in [4.78, 5) is 2.55. The Morgan fingerprint density at radius 1 is 0.966 bits per heavy atom. The van der Waals surface area contributed by atoms with Gasteiger partial charge in [-0.15, -0.1) is 0 Å². The molecule has 0 bridgehead atoms. The van der Waals surface area contributed by atoms with Gasteiger partial charge < -0.3 is 4.90 Å². The predicted molar refractivity (Wildman–Crippen MR) is 123 cm³/mol. The minimum Gasteiger partial charge on any atom is -0.333 e. The van der Waals surface area contributed by atoms with Crippen molar-refractivity contribution < 1.29 is 0 Å². The molecule has 0 saturated heterocycles. The van der Waals surface area contributed by atoms with Crippen molar-refractivity contribution in [3.05, 3.63) is 101 Å². The van der Waals surface area contributed by atoms with E-state index in [1.165, 1.54) is 45.6 Å². The van der Waals surface area contributed by atoms with Crippen LogP contribution >= 0.6 is 0 Å². The summed E-state index contributed by atoms with van der Waals surface area (Å²) in [6.45, 7) is 7.13. The van der Waals surface area contributed by atoms with Gasteiger partial charge in [0.2, 0.25) is 0 Å². The third-order valence-electron chi connectivity index (χ3n) is 7.57. The maximum Gasteiger partial charge on any atom is 0.0629 e. The van der Waals surface area contributed by atoms with Gasteiger partial charge in [0, 0.05) is 17.3 Å². The van der Waals surface area contributed by atoms with Crippen LogP contribution in [0, 0.1) is 5.92 Å². The topological polar surface area (TPSA) is 3.24 Å². The van der Waals surface area contributed by atoms with Crippen molar-refractivity contribution in [3.8, 4) is 0 Å². The number of nitrogens with zero attached hydrogens (tertiary/aromatic N) is 1. The van der Waals surface area contributed by atoms with Gasteiger partial charge in [-0.3, -0.25) is 0 Å². The van der Waals surface area contributed by atoms with E-state index in [9.17, 15) is 0 Å². The average molecular weight is 378 g/mol. The van der Waals surface area contributed by atoms with Crippen molar-refractivity contribution in [1.29, 1.82) is 0 Å². The lowest BCUT2D eigenvalue weighted by atomic mass is 9.73. The zero-order valence-corrected chi connectivity index (χ0v) is 17.4. The molecule has 29 heavy (non-hydrogen) atoms. The van der Waals surface area contributed by atoms with Crippen LogP contribution in [0.4, 0.5) is 11.4 Å². The highest BCUT2D eigenvalue weighted by molar-refractivity contribution is 5.83. The van der Waals surface area contributed by atoms with E-state index >= 15 is 0 Å². The monoisotopic (exact) mass is 377 g/mol. The molecule has 0 N–H and O–H groups in total. The molecule has 1 aliphatic heterocycles. The third kappa shape index (κ3) is 2.28. The van der Waals surface area contributed by atoms with Gasteiger partial charge in [-0.25, -0.2) is 0 Å². The first kappa shape index (κ1) is 17.1. The molecule has 0 aromatic heterocycles. The number of hydrogen-bond acceptors (Lipinski definition) is 1. The Bertz CT molecular complexity index is 1140. The van der Waals surface area contributed by atoms with Gasteiger partial charge in [0.15, 0.2) is 0 Å². The first-order valence-corrected chi connectivity index (χ1v) is 10.8. The van der Waals surface area contributed by atoms with E-state index in [2.05, 4.69) is 105 Å². The van der Waals surface area contributed by atoms with Crippen molar-refractivity contribution in [2.75, 3.05) is 4.90 Å². The van der Waals surface area contributed by atoms with E-state index in [1.54, 1.807) is 0 Å². The normalized spacial score (nSPS) is 27.7. The molecule has 0 spiro atoms. The molecule has 1 heterocycles. The fourth-order valence-corrected chi connectivity index (χ4v) is 6.01. The van der Waals surface area contributed by atoms with Gasteiger partial charge >= 0.3 is 0 Å². The summed E-state index contributed by atoms with van der Waals surface area (Å²) in [7, 11) is 0. The summed E-state index contributed by atoms with van der Waals surface area (Å²) < 4.78 is 0. The van der Waals surface area contributed by atoms with E-state index in [4.69, 9.17) is 0 Å². The summed E-state index contributed by atoms with van der Waals surface area (Å²) in [6.07, 6.45) is 15.0. The van der Waals surface area contributed by atoms with E-state index in [-0.39, 0.29) is 5.41 Å². The number of allylic oxidation sites excluding steroid dienone is 6. The van der Waals surface area contributed by atoms with Crippen molar-refractivity contribution in [2.24, 2.45) is 5.92 Å². The number of anilines is 2. The van der Waals surface area contributed by atoms with Crippen LogP contribution < -0.4 is 4.90 Å². The van der Waals surface area contributed by atoms with E-state index in [1.807, 2.05) is 0 Å². The van der Waals surface area contributed by atoms with E-state index < -0.39 is 0 Å². The quantitative estimate of drug-likeness (QED) is 0.514. The van der Waals surface area contributed by atoms with Crippen molar-refractivity contribution in [3.63, 3.8) is 0 Å². The van der Waals surface area contributed by atoms with Crippen LogP contribution in [0.15, 0.2) is 84.5 Å². The summed E-state index contributed by atoms with van der Waals surface area (Å²) >= 11 is 0. The van der Waals surface area contributed by atoms with Gasteiger partial charge in [0.1, 0.15) is 0 Å². The largest absolute Gasteiger partial charge is 0.333 e. The maximum absolute atomic E-state index is 2.55. The Morgan fingerprint density at radius 2 is 1.79 bits per heavy atom. The first-order valence-electron chi connectivity index (χ1n) is 10.8. The van der Waals surface area contributed by atoms with Crippen LogP contribution in [-0.2, 0) is 5.41 Å². The molecule has 3 atom stereocenters. The number of rotatable bonds is 1. The van der Waals surface area contributed by atoms with Gasteiger partial charge in [-0.1, -0.05) is 80.1 Å². The fraction of sp³-hybridized carbons (Fsp3) is 0.286. The Hall–Kier alpha value is -2.80. The summed E-state index contributed by atoms with van der Waals surface area (Å²) in [6, 6.07) is 16.5. The second-order valence-electron chi connectivity index (χ2n) is 9.56. The van der Waals surface area contributed by atoms with Gasteiger partial charge in [0.05, 0.1) is 6.04 Å². The minimum atomic E-state index is 0.160. The van der Waals surface area contributed by atoms with Gasteiger partial charge in [-0.2, -0.15) is 0 Å². The molecule has 144 valence electrons. The van der Waals surface area contributed by atoms with Crippen LogP contribution in [-0.4, -0.2) is 6.04 Å². The van der Waals surface area contributed by atoms with E-state index in [0.717, 1.165) is 0 Å². The molecule has 1 heteroatoms. The molecular formula is C28H27N. The molecule has 0 saturated carbocycles. The SMILES string of the molecule is CC1=CC=C2c3ccc(N4c5ccccc5C5C=CC=CC54)cc3C(C)(C)C2C1. The van der Waals surface area contributed by atoms with Crippen LogP contribution in [0.3, 0.4) is 0 Å². The Kier molecular flexibility index (Phi) is 3.45. The molecule has 3 unspecified atom stereocenters. The molecule has 0 amide bonds. The summed E-state index contributed by atoms with van der Waals surface area (Å²) in [5.41, 5.74) is 10.3. The van der Waals surface area contributed by atoms with Crippen LogP contribution in [0.5, 0.6) is 0 Å². The second kappa shape index (κ2) is 5.86. The number of para-hydroxylation sites is 1. The number of fused-ring (bicyclic) bond motifs is 6. The number of hydrogen-bond donors (Lipinski definition) is 0. The highest BCUT2D eigenvalue weighted by Gasteiger charge is 2.44. The molecule has 3 aliphatic carbocycles. The Balaban J connectivity index is 1.50. The zero-order valence-electron chi connectivity index (χ0n) is 17.4.